The Kier molecular flexibility index (Phi) is 5.03. The molecular weight excluding hydrogens is 314 g/mol. The Morgan fingerprint density at radius 2 is 2.04 bits per heavy atom. The van der Waals surface area contributed by atoms with Gasteiger partial charge in [-0.1, -0.05) is 30.3 Å². The molecule has 1 aliphatic rings. The molecule has 0 saturated carbocycles. The number of fused-ring (bicyclic) bond motifs is 1. The molecule has 0 saturated heterocycles. The molecule has 5 nitrogen and oxygen atoms in total. The highest BCUT2D eigenvalue weighted by molar-refractivity contribution is 5.57. The van der Waals surface area contributed by atoms with Crippen LogP contribution in [-0.2, 0) is 24.2 Å². The number of rotatable bonds is 5. The predicted molar refractivity (Wildman–Crippen MR) is 95.1 cm³/mol. The number of aromatic nitrogens is 1. The maximum atomic E-state index is 9.71. The van der Waals surface area contributed by atoms with E-state index in [0.29, 0.717) is 31.0 Å². The van der Waals surface area contributed by atoms with Gasteiger partial charge >= 0.3 is 0 Å². The first-order valence-electron chi connectivity index (χ1n) is 8.56. The topological polar surface area (TPSA) is 79.4 Å². The maximum Gasteiger partial charge on any atom is 0.290 e. The van der Waals surface area contributed by atoms with Crippen LogP contribution in [0.4, 0.5) is 5.82 Å². The summed E-state index contributed by atoms with van der Waals surface area (Å²) in [6, 6.07) is 12.6. The molecule has 0 amide bonds. The molecule has 2 heterocycles. The predicted octanol–water partition coefficient (Wildman–Crippen LogP) is 2.22. The number of ether oxygens (including phenoxy) is 1. The molecule has 5 heteroatoms. The number of benzene rings is 1. The number of H-pyrrole nitrogens is 1. The second kappa shape index (κ2) is 7.22. The van der Waals surface area contributed by atoms with Gasteiger partial charge in [-0.15, -0.1) is 0 Å². The van der Waals surface area contributed by atoms with Crippen molar-refractivity contribution >= 4 is 5.82 Å². The van der Waals surface area contributed by atoms with E-state index in [2.05, 4.69) is 28.5 Å². The van der Waals surface area contributed by atoms with Crippen LogP contribution in [0.15, 0.2) is 30.3 Å². The van der Waals surface area contributed by atoms with Gasteiger partial charge < -0.3 is 9.84 Å². The normalized spacial score (nSPS) is 15.3. The van der Waals surface area contributed by atoms with Gasteiger partial charge in [0.25, 0.3) is 5.82 Å². The van der Waals surface area contributed by atoms with Gasteiger partial charge in [-0.3, -0.25) is 5.32 Å². The van der Waals surface area contributed by atoms with Crippen molar-refractivity contribution in [3.8, 4) is 6.07 Å². The molecule has 0 fully saturated rings. The summed E-state index contributed by atoms with van der Waals surface area (Å²) in [4.78, 5) is 3.38. The minimum atomic E-state index is -0.293. The molecule has 1 aromatic carbocycles. The molecule has 2 aromatic rings. The number of aliphatic hydroxyl groups excluding tert-OH is 1. The molecular formula is C20H24N3O2+. The Morgan fingerprint density at radius 1 is 1.28 bits per heavy atom. The average Bonchev–Trinajstić information content (AvgIpc) is 2.59. The van der Waals surface area contributed by atoms with Crippen molar-refractivity contribution in [1.29, 1.82) is 5.26 Å². The molecule has 1 aromatic heterocycles. The summed E-state index contributed by atoms with van der Waals surface area (Å²) in [5, 5.41) is 22.0. The fraction of sp³-hybridized carbons (Fsp3) is 0.400. The minimum Gasteiger partial charge on any atom is -0.392 e. The van der Waals surface area contributed by atoms with E-state index in [-0.39, 0.29) is 12.2 Å². The number of aliphatic hydroxyl groups is 1. The fourth-order valence-corrected chi connectivity index (χ4v) is 3.27. The quantitative estimate of drug-likeness (QED) is 0.876. The van der Waals surface area contributed by atoms with Gasteiger partial charge in [-0.2, -0.15) is 5.26 Å². The highest BCUT2D eigenvalue weighted by Crippen LogP contribution is 2.33. The number of hydrogen-bond acceptors (Lipinski definition) is 4. The molecule has 0 atom stereocenters. The van der Waals surface area contributed by atoms with Crippen LogP contribution in [0.1, 0.15) is 41.8 Å². The third-order valence-electron chi connectivity index (χ3n) is 4.52. The van der Waals surface area contributed by atoms with Crippen molar-refractivity contribution < 1.29 is 14.8 Å². The summed E-state index contributed by atoms with van der Waals surface area (Å²) < 4.78 is 6.00. The average molecular weight is 338 g/mol. The summed E-state index contributed by atoms with van der Waals surface area (Å²) in [6.45, 7) is 5.00. The molecule has 1 aliphatic heterocycles. The van der Waals surface area contributed by atoms with Crippen LogP contribution in [0.5, 0.6) is 0 Å². The summed E-state index contributed by atoms with van der Waals surface area (Å²) >= 11 is 0. The third kappa shape index (κ3) is 3.81. The lowest BCUT2D eigenvalue weighted by Gasteiger charge is -2.32. The smallest absolute Gasteiger partial charge is 0.290 e. The van der Waals surface area contributed by atoms with Gasteiger partial charge in [0.2, 0.25) is 0 Å². The van der Waals surface area contributed by atoms with Gasteiger partial charge in [0.15, 0.2) is 0 Å². The molecule has 0 spiro atoms. The zero-order valence-corrected chi connectivity index (χ0v) is 14.7. The van der Waals surface area contributed by atoms with E-state index in [1.165, 1.54) is 5.56 Å². The van der Waals surface area contributed by atoms with Crippen LogP contribution in [0.2, 0.25) is 0 Å². The Morgan fingerprint density at radius 3 is 2.72 bits per heavy atom. The van der Waals surface area contributed by atoms with E-state index < -0.39 is 0 Å². The van der Waals surface area contributed by atoms with E-state index in [1.807, 2.05) is 32.0 Å². The molecule has 0 bridgehead atoms. The lowest BCUT2D eigenvalue weighted by Crippen LogP contribution is -2.36. The summed E-state index contributed by atoms with van der Waals surface area (Å²) in [5.74, 6) is 0.680. The Balaban J connectivity index is 2.09. The van der Waals surface area contributed by atoms with Crippen molar-refractivity contribution in [2.24, 2.45) is 0 Å². The molecule has 25 heavy (non-hydrogen) atoms. The number of anilines is 1. The van der Waals surface area contributed by atoms with Gasteiger partial charge in [-0.05, 0) is 25.0 Å². The third-order valence-corrected chi connectivity index (χ3v) is 4.52. The SMILES string of the molecule is CC1(C)Cc2c(C#N)c(NCCO)[nH+]c(Cc3ccccc3)c2CO1. The van der Waals surface area contributed by atoms with E-state index in [4.69, 9.17) is 9.84 Å². The van der Waals surface area contributed by atoms with E-state index in [1.54, 1.807) is 0 Å². The highest BCUT2D eigenvalue weighted by atomic mass is 16.5. The van der Waals surface area contributed by atoms with Crippen LogP contribution in [0.25, 0.3) is 0 Å². The molecule has 0 radical (unpaired) electrons. The van der Waals surface area contributed by atoms with Crippen molar-refractivity contribution in [2.45, 2.75) is 38.9 Å². The summed E-state index contributed by atoms with van der Waals surface area (Å²) in [6.07, 6.45) is 1.43. The van der Waals surface area contributed by atoms with Crippen LogP contribution in [0.3, 0.4) is 0 Å². The van der Waals surface area contributed by atoms with Crippen molar-refractivity contribution in [3.05, 3.63) is 58.3 Å². The van der Waals surface area contributed by atoms with Gasteiger partial charge in [-0.25, -0.2) is 4.98 Å². The number of nitrogens with one attached hydrogen (secondary N) is 2. The molecule has 3 N–H and O–H groups in total. The van der Waals surface area contributed by atoms with Gasteiger partial charge in [0, 0.05) is 18.4 Å². The zero-order valence-electron chi connectivity index (χ0n) is 14.7. The minimum absolute atomic E-state index is 0.0123. The fourth-order valence-electron chi connectivity index (χ4n) is 3.27. The maximum absolute atomic E-state index is 9.71. The number of pyridine rings is 1. The molecule has 3 rings (SSSR count). The molecule has 0 aliphatic carbocycles. The number of aromatic amines is 1. The zero-order chi connectivity index (χ0) is 17.9. The van der Waals surface area contributed by atoms with Crippen LogP contribution in [0, 0.1) is 11.3 Å². The van der Waals surface area contributed by atoms with Crippen molar-refractivity contribution in [2.75, 3.05) is 18.5 Å². The first-order chi connectivity index (χ1) is 12.0. The lowest BCUT2D eigenvalue weighted by molar-refractivity contribution is -0.375. The van der Waals surface area contributed by atoms with Crippen molar-refractivity contribution in [3.63, 3.8) is 0 Å². The van der Waals surface area contributed by atoms with Crippen LogP contribution in [-0.4, -0.2) is 23.9 Å². The second-order valence-corrected chi connectivity index (χ2v) is 6.96. The Hall–Kier alpha value is -2.42. The number of nitriles is 1. The summed E-state index contributed by atoms with van der Waals surface area (Å²) in [7, 11) is 0. The molecule has 0 unspecified atom stereocenters. The largest absolute Gasteiger partial charge is 0.392 e. The standard InChI is InChI=1S/C20H23N3O2/c1-20(2)11-15-16(12-21)19(22-8-9-24)23-18(17(15)13-25-20)10-14-6-4-3-5-7-14/h3-7,24H,8-11,13H2,1-2H3,(H,22,23)/p+1. The van der Waals surface area contributed by atoms with E-state index >= 15 is 0 Å². The number of nitrogens with zero attached hydrogens (tertiary/aromatic N) is 1. The monoisotopic (exact) mass is 338 g/mol. The van der Waals surface area contributed by atoms with E-state index in [0.717, 1.165) is 23.2 Å². The van der Waals surface area contributed by atoms with Gasteiger partial charge in [0.1, 0.15) is 23.9 Å². The number of hydrogen-bond donors (Lipinski definition) is 2. The van der Waals surface area contributed by atoms with Crippen LogP contribution < -0.4 is 10.3 Å². The Labute approximate surface area is 148 Å². The molecule has 130 valence electrons. The van der Waals surface area contributed by atoms with Crippen molar-refractivity contribution in [1.82, 2.24) is 0 Å². The summed E-state index contributed by atoms with van der Waals surface area (Å²) in [5.41, 5.74) is 4.70. The Bertz CT molecular complexity index is 795. The first kappa shape index (κ1) is 17.4. The lowest BCUT2D eigenvalue weighted by atomic mass is 9.87. The van der Waals surface area contributed by atoms with Crippen LogP contribution >= 0.6 is 0 Å². The first-order valence-corrected chi connectivity index (χ1v) is 8.56. The van der Waals surface area contributed by atoms with Gasteiger partial charge in [0.05, 0.1) is 18.8 Å². The second-order valence-electron chi connectivity index (χ2n) is 6.96. The highest BCUT2D eigenvalue weighted by Gasteiger charge is 2.33. The van der Waals surface area contributed by atoms with E-state index in [9.17, 15) is 5.26 Å².